The fourth-order valence-electron chi connectivity index (χ4n) is 2.28. The third kappa shape index (κ3) is 5.51. The van der Waals surface area contributed by atoms with E-state index in [1.807, 2.05) is 20.8 Å². The summed E-state index contributed by atoms with van der Waals surface area (Å²) in [5.41, 5.74) is 0.291. The van der Waals surface area contributed by atoms with Crippen LogP contribution >= 0.6 is 12.4 Å². The van der Waals surface area contributed by atoms with Gasteiger partial charge in [0.25, 0.3) is 5.56 Å². The highest BCUT2D eigenvalue weighted by molar-refractivity contribution is 5.85. The van der Waals surface area contributed by atoms with Crippen LogP contribution in [0.25, 0.3) is 0 Å². The summed E-state index contributed by atoms with van der Waals surface area (Å²) >= 11 is 0. The van der Waals surface area contributed by atoms with Crippen molar-refractivity contribution in [3.05, 3.63) is 22.6 Å². The van der Waals surface area contributed by atoms with Crippen molar-refractivity contribution in [2.45, 2.75) is 39.3 Å². The molecule has 0 aromatic carbocycles. The molecule has 1 aliphatic rings. The first-order valence-electron chi connectivity index (χ1n) is 7.75. The van der Waals surface area contributed by atoms with Gasteiger partial charge in [-0.2, -0.15) is 5.10 Å². The van der Waals surface area contributed by atoms with E-state index in [0.29, 0.717) is 0 Å². The van der Waals surface area contributed by atoms with Crippen LogP contribution in [0.3, 0.4) is 0 Å². The molecule has 23 heavy (non-hydrogen) atoms. The molecule has 0 unspecified atom stereocenters. The van der Waals surface area contributed by atoms with Crippen molar-refractivity contribution in [2.75, 3.05) is 31.1 Å². The molecule has 130 valence electrons. The van der Waals surface area contributed by atoms with Crippen molar-refractivity contribution in [3.63, 3.8) is 0 Å². The van der Waals surface area contributed by atoms with Gasteiger partial charge >= 0.3 is 0 Å². The van der Waals surface area contributed by atoms with Crippen molar-refractivity contribution < 1.29 is 4.79 Å². The van der Waals surface area contributed by atoms with Crippen LogP contribution < -0.4 is 21.1 Å². The molecule has 0 spiro atoms. The van der Waals surface area contributed by atoms with E-state index in [-0.39, 0.29) is 36.0 Å². The van der Waals surface area contributed by atoms with Crippen LogP contribution in [0.4, 0.5) is 5.69 Å². The normalized spacial score (nSPS) is 15.0. The number of carbonyl (C=O) groups excluding carboxylic acids is 1. The number of nitrogens with one attached hydrogen (secondary N) is 2. The number of hydrogen-bond acceptors (Lipinski definition) is 5. The Hall–Kier alpha value is -1.60. The minimum atomic E-state index is -0.276. The molecule has 1 aromatic rings. The second-order valence-electron chi connectivity index (χ2n) is 6.23. The van der Waals surface area contributed by atoms with Gasteiger partial charge in [0.1, 0.15) is 6.54 Å². The van der Waals surface area contributed by atoms with E-state index in [0.717, 1.165) is 38.3 Å². The van der Waals surface area contributed by atoms with Crippen LogP contribution in [0.5, 0.6) is 0 Å². The highest BCUT2D eigenvalue weighted by atomic mass is 35.5. The van der Waals surface area contributed by atoms with Gasteiger partial charge in [-0.3, -0.25) is 9.59 Å². The summed E-state index contributed by atoms with van der Waals surface area (Å²) in [6.45, 7) is 9.38. The molecule has 2 heterocycles. The molecule has 2 N–H and O–H groups in total. The van der Waals surface area contributed by atoms with Gasteiger partial charge in [-0.1, -0.05) is 6.92 Å². The van der Waals surface area contributed by atoms with Crippen LogP contribution in [0.1, 0.15) is 27.2 Å². The van der Waals surface area contributed by atoms with E-state index in [1.165, 1.54) is 4.68 Å². The predicted molar refractivity (Wildman–Crippen MR) is 93.3 cm³/mol. The van der Waals surface area contributed by atoms with Gasteiger partial charge in [0.2, 0.25) is 5.91 Å². The minimum Gasteiger partial charge on any atom is -0.368 e. The Morgan fingerprint density at radius 1 is 1.39 bits per heavy atom. The first kappa shape index (κ1) is 19.4. The molecule has 1 amide bonds. The summed E-state index contributed by atoms with van der Waals surface area (Å²) in [5, 5.41) is 10.3. The lowest BCUT2D eigenvalue weighted by atomic mass is 10.0. The number of halogens is 1. The van der Waals surface area contributed by atoms with E-state index in [2.05, 4.69) is 20.6 Å². The third-order valence-corrected chi connectivity index (χ3v) is 3.99. The van der Waals surface area contributed by atoms with E-state index < -0.39 is 0 Å². The van der Waals surface area contributed by atoms with Crippen molar-refractivity contribution in [2.24, 2.45) is 0 Å². The molecular weight excluding hydrogens is 318 g/mol. The predicted octanol–water partition coefficient (Wildman–Crippen LogP) is 0.380. The van der Waals surface area contributed by atoms with E-state index in [1.54, 1.807) is 12.3 Å². The smallest absolute Gasteiger partial charge is 0.269 e. The molecule has 0 bridgehead atoms. The van der Waals surface area contributed by atoms with Crippen LogP contribution in [-0.4, -0.2) is 47.4 Å². The summed E-state index contributed by atoms with van der Waals surface area (Å²) in [6, 6.07) is 1.55. The zero-order valence-electron chi connectivity index (χ0n) is 14.0. The van der Waals surface area contributed by atoms with Crippen LogP contribution in [0.2, 0.25) is 0 Å². The molecule has 1 aromatic heterocycles. The highest BCUT2D eigenvalue weighted by Crippen LogP contribution is 2.10. The van der Waals surface area contributed by atoms with Crippen molar-refractivity contribution >= 4 is 24.0 Å². The Morgan fingerprint density at radius 2 is 2.04 bits per heavy atom. The maximum Gasteiger partial charge on any atom is 0.269 e. The molecule has 7 nitrogen and oxygen atoms in total. The lowest BCUT2D eigenvalue weighted by Crippen LogP contribution is -2.46. The van der Waals surface area contributed by atoms with Gasteiger partial charge in [0, 0.05) is 37.8 Å². The number of rotatable bonds is 5. The number of hydrogen-bond donors (Lipinski definition) is 2. The summed E-state index contributed by atoms with van der Waals surface area (Å²) in [5.74, 6) is -0.198. The number of nitrogens with zero attached hydrogens (tertiary/aromatic N) is 3. The topological polar surface area (TPSA) is 79.3 Å². The lowest BCUT2D eigenvalue weighted by molar-refractivity contribution is -0.123. The van der Waals surface area contributed by atoms with Gasteiger partial charge in [-0.05, 0) is 20.3 Å². The van der Waals surface area contributed by atoms with Gasteiger partial charge in [0.05, 0.1) is 11.9 Å². The standard InChI is InChI=1S/C15H25N5O2.ClH/c1-4-15(2,3)18-13(21)11-20-14(22)9-12(10-17-20)19-7-5-16-6-8-19;/h9-10,16H,4-8,11H2,1-3H3,(H,18,21);1H. The van der Waals surface area contributed by atoms with Gasteiger partial charge in [-0.15, -0.1) is 12.4 Å². The Kier molecular flexibility index (Phi) is 7.02. The average molecular weight is 344 g/mol. The monoisotopic (exact) mass is 343 g/mol. The first-order valence-corrected chi connectivity index (χ1v) is 7.75. The molecule has 0 saturated carbocycles. The fourth-order valence-corrected chi connectivity index (χ4v) is 2.28. The second-order valence-corrected chi connectivity index (χ2v) is 6.23. The van der Waals surface area contributed by atoms with Crippen LogP contribution in [0, 0.1) is 0 Å². The lowest BCUT2D eigenvalue weighted by Gasteiger charge is -2.29. The summed E-state index contributed by atoms with van der Waals surface area (Å²) in [6.07, 6.45) is 2.48. The van der Waals surface area contributed by atoms with Gasteiger partial charge in [-0.25, -0.2) is 4.68 Å². The second kappa shape index (κ2) is 8.31. The Balaban J connectivity index is 0.00000264. The van der Waals surface area contributed by atoms with E-state index >= 15 is 0 Å². The molecule has 8 heteroatoms. The number of carbonyl (C=O) groups is 1. The summed E-state index contributed by atoms with van der Waals surface area (Å²) < 4.78 is 1.20. The maximum absolute atomic E-state index is 12.1. The van der Waals surface area contributed by atoms with E-state index in [4.69, 9.17) is 0 Å². The molecule has 1 fully saturated rings. The van der Waals surface area contributed by atoms with Crippen LogP contribution in [-0.2, 0) is 11.3 Å². The summed E-state index contributed by atoms with van der Waals surface area (Å²) in [4.78, 5) is 26.2. The zero-order chi connectivity index (χ0) is 16.2. The molecule has 0 atom stereocenters. The largest absolute Gasteiger partial charge is 0.368 e. The van der Waals surface area contributed by atoms with Crippen molar-refractivity contribution in [1.82, 2.24) is 20.4 Å². The third-order valence-electron chi connectivity index (χ3n) is 3.99. The molecule has 1 saturated heterocycles. The Labute approximate surface area is 142 Å². The summed E-state index contributed by atoms with van der Waals surface area (Å²) in [7, 11) is 0. The minimum absolute atomic E-state index is 0. The van der Waals surface area contributed by atoms with Crippen molar-refractivity contribution in [1.29, 1.82) is 0 Å². The number of amides is 1. The fraction of sp³-hybridized carbons (Fsp3) is 0.667. The van der Waals surface area contributed by atoms with Crippen LogP contribution in [0.15, 0.2) is 17.1 Å². The molecule has 0 radical (unpaired) electrons. The number of piperazine rings is 1. The van der Waals surface area contributed by atoms with Gasteiger partial charge < -0.3 is 15.5 Å². The zero-order valence-corrected chi connectivity index (χ0v) is 14.8. The average Bonchev–Trinajstić information content (AvgIpc) is 2.49. The van der Waals surface area contributed by atoms with Crippen molar-refractivity contribution in [3.8, 4) is 0 Å². The van der Waals surface area contributed by atoms with E-state index in [9.17, 15) is 9.59 Å². The highest BCUT2D eigenvalue weighted by Gasteiger charge is 2.19. The SMILES string of the molecule is CCC(C)(C)NC(=O)Cn1ncc(N2CCNCC2)cc1=O.Cl. The Bertz CT molecular complexity index is 581. The molecular formula is C15H26ClN5O2. The molecule has 2 rings (SSSR count). The maximum atomic E-state index is 12.1. The number of anilines is 1. The quantitative estimate of drug-likeness (QED) is 0.808. The van der Waals surface area contributed by atoms with Gasteiger partial charge in [0.15, 0.2) is 0 Å². The Morgan fingerprint density at radius 3 is 2.61 bits per heavy atom. The molecule has 1 aliphatic heterocycles. The number of aromatic nitrogens is 2. The first-order chi connectivity index (χ1) is 10.4. The molecule has 0 aliphatic carbocycles.